The van der Waals surface area contributed by atoms with Gasteiger partial charge in [-0.15, -0.1) is 0 Å². The SMILES string of the molecule is O=C1C[C@@]2(c3ccccc3)C=C[C@H](O2)[C@@H]1O. The van der Waals surface area contributed by atoms with Crippen LogP contribution in [0.3, 0.4) is 0 Å². The fourth-order valence-electron chi connectivity index (χ4n) is 2.38. The highest BCUT2D eigenvalue weighted by Gasteiger charge is 2.48. The van der Waals surface area contributed by atoms with Crippen molar-refractivity contribution in [2.75, 3.05) is 0 Å². The molecule has 3 heteroatoms. The summed E-state index contributed by atoms with van der Waals surface area (Å²) in [6.45, 7) is 0. The Morgan fingerprint density at radius 1 is 1.31 bits per heavy atom. The van der Waals surface area contributed by atoms with Crippen LogP contribution in [0.2, 0.25) is 0 Å². The number of hydrogen-bond donors (Lipinski definition) is 1. The lowest BCUT2D eigenvalue weighted by molar-refractivity contribution is -0.159. The molecule has 0 unspecified atom stereocenters. The van der Waals surface area contributed by atoms with Gasteiger partial charge in [0.1, 0.15) is 17.8 Å². The van der Waals surface area contributed by atoms with Crippen LogP contribution in [0.5, 0.6) is 0 Å². The summed E-state index contributed by atoms with van der Waals surface area (Å²) in [6.07, 6.45) is 2.39. The molecule has 2 aliphatic heterocycles. The van der Waals surface area contributed by atoms with Crippen molar-refractivity contribution >= 4 is 5.78 Å². The normalized spacial score (nSPS) is 36.7. The molecule has 1 saturated heterocycles. The summed E-state index contributed by atoms with van der Waals surface area (Å²) >= 11 is 0. The first-order chi connectivity index (χ1) is 7.71. The molecular weight excluding hydrogens is 204 g/mol. The summed E-state index contributed by atoms with van der Waals surface area (Å²) in [5.41, 5.74) is 0.316. The second-order valence-corrected chi connectivity index (χ2v) is 4.29. The zero-order chi connectivity index (χ0) is 11.2. The van der Waals surface area contributed by atoms with Crippen molar-refractivity contribution in [1.29, 1.82) is 0 Å². The molecule has 0 saturated carbocycles. The van der Waals surface area contributed by atoms with E-state index in [9.17, 15) is 9.90 Å². The van der Waals surface area contributed by atoms with E-state index >= 15 is 0 Å². The number of hydrogen-bond acceptors (Lipinski definition) is 3. The Hall–Kier alpha value is -1.45. The summed E-state index contributed by atoms with van der Waals surface area (Å²) in [5.74, 6) is -0.148. The van der Waals surface area contributed by atoms with E-state index in [0.29, 0.717) is 0 Å². The van der Waals surface area contributed by atoms with Gasteiger partial charge in [0.25, 0.3) is 0 Å². The van der Waals surface area contributed by atoms with Crippen LogP contribution in [0, 0.1) is 0 Å². The molecule has 0 spiro atoms. The largest absolute Gasteiger partial charge is 0.382 e. The third-order valence-electron chi connectivity index (χ3n) is 3.24. The van der Waals surface area contributed by atoms with E-state index in [0.717, 1.165) is 5.56 Å². The number of aliphatic hydroxyl groups excluding tert-OH is 1. The van der Waals surface area contributed by atoms with E-state index in [1.165, 1.54) is 0 Å². The number of carbonyl (C=O) groups is 1. The maximum absolute atomic E-state index is 11.7. The Kier molecular flexibility index (Phi) is 1.99. The van der Waals surface area contributed by atoms with Gasteiger partial charge in [0.15, 0.2) is 5.78 Å². The maximum atomic E-state index is 11.7. The molecule has 0 aliphatic carbocycles. The van der Waals surface area contributed by atoms with Gasteiger partial charge in [-0.3, -0.25) is 4.79 Å². The Balaban J connectivity index is 2.03. The highest BCUT2D eigenvalue weighted by Crippen LogP contribution is 2.42. The number of ketones is 1. The minimum atomic E-state index is -1.00. The van der Waals surface area contributed by atoms with Crippen LogP contribution in [0.4, 0.5) is 0 Å². The second-order valence-electron chi connectivity index (χ2n) is 4.29. The molecule has 16 heavy (non-hydrogen) atoms. The molecule has 2 aliphatic rings. The lowest BCUT2D eigenvalue weighted by Crippen LogP contribution is -2.45. The highest BCUT2D eigenvalue weighted by atomic mass is 16.5. The van der Waals surface area contributed by atoms with Gasteiger partial charge in [0.2, 0.25) is 0 Å². The zero-order valence-electron chi connectivity index (χ0n) is 8.67. The monoisotopic (exact) mass is 216 g/mol. The Morgan fingerprint density at radius 3 is 2.81 bits per heavy atom. The molecule has 1 N–H and O–H groups in total. The van der Waals surface area contributed by atoms with Crippen LogP contribution in [0.15, 0.2) is 42.5 Å². The maximum Gasteiger partial charge on any atom is 0.167 e. The zero-order valence-corrected chi connectivity index (χ0v) is 8.67. The van der Waals surface area contributed by atoms with E-state index in [-0.39, 0.29) is 12.2 Å². The van der Waals surface area contributed by atoms with E-state index < -0.39 is 17.8 Å². The second kappa shape index (κ2) is 3.27. The molecule has 3 nitrogen and oxygen atoms in total. The minimum Gasteiger partial charge on any atom is -0.382 e. The molecule has 82 valence electrons. The van der Waals surface area contributed by atoms with Gasteiger partial charge < -0.3 is 9.84 Å². The number of Topliss-reactive ketones (excluding diaryl/α,β-unsaturated/α-hetero) is 1. The van der Waals surface area contributed by atoms with Gasteiger partial charge >= 0.3 is 0 Å². The van der Waals surface area contributed by atoms with Crippen molar-refractivity contribution in [1.82, 2.24) is 0 Å². The number of benzene rings is 1. The van der Waals surface area contributed by atoms with Crippen LogP contribution >= 0.6 is 0 Å². The Bertz CT molecular complexity index is 452. The van der Waals surface area contributed by atoms with Crippen molar-refractivity contribution in [3.05, 3.63) is 48.0 Å². The molecule has 0 radical (unpaired) electrons. The molecule has 0 amide bonds. The quantitative estimate of drug-likeness (QED) is 0.717. The lowest BCUT2D eigenvalue weighted by Gasteiger charge is -2.35. The van der Waals surface area contributed by atoms with Gasteiger partial charge in [0, 0.05) is 6.42 Å². The molecule has 1 aromatic carbocycles. The van der Waals surface area contributed by atoms with Crippen molar-refractivity contribution in [3.63, 3.8) is 0 Å². The summed E-state index contributed by atoms with van der Waals surface area (Å²) in [7, 11) is 0. The third kappa shape index (κ3) is 1.25. The third-order valence-corrected chi connectivity index (χ3v) is 3.24. The van der Waals surface area contributed by atoms with Gasteiger partial charge in [-0.25, -0.2) is 0 Å². The van der Waals surface area contributed by atoms with Crippen LogP contribution in [-0.4, -0.2) is 23.1 Å². The molecule has 2 heterocycles. The summed E-state index contributed by atoms with van der Waals surface area (Å²) in [5, 5.41) is 9.60. The Morgan fingerprint density at radius 2 is 2.06 bits per heavy atom. The molecule has 2 bridgehead atoms. The van der Waals surface area contributed by atoms with Crippen molar-refractivity contribution in [2.24, 2.45) is 0 Å². The van der Waals surface area contributed by atoms with Crippen molar-refractivity contribution in [2.45, 2.75) is 24.2 Å². The first-order valence-electron chi connectivity index (χ1n) is 5.35. The van der Waals surface area contributed by atoms with Crippen molar-refractivity contribution < 1.29 is 14.6 Å². The standard InChI is InChI=1S/C13H12O3/c14-10-8-13(9-4-2-1-3-5-9)7-6-11(16-13)12(10)15/h1-7,11-12,15H,8H2/t11-,12+,13+/m0/s1. The Labute approximate surface area is 93.4 Å². The van der Waals surface area contributed by atoms with Crippen molar-refractivity contribution in [3.8, 4) is 0 Å². The van der Waals surface area contributed by atoms with E-state index in [1.807, 2.05) is 36.4 Å². The average molecular weight is 216 g/mol. The van der Waals surface area contributed by atoms with E-state index in [4.69, 9.17) is 4.74 Å². The fraction of sp³-hybridized carbons (Fsp3) is 0.308. The minimum absolute atomic E-state index is 0.148. The molecule has 3 rings (SSSR count). The lowest BCUT2D eigenvalue weighted by atomic mass is 9.87. The van der Waals surface area contributed by atoms with Crippen LogP contribution in [-0.2, 0) is 15.1 Å². The van der Waals surface area contributed by atoms with Gasteiger partial charge in [-0.2, -0.15) is 0 Å². The summed E-state index contributed by atoms with van der Waals surface area (Å²) < 4.78 is 5.77. The van der Waals surface area contributed by atoms with Crippen LogP contribution < -0.4 is 0 Å². The average Bonchev–Trinajstić information content (AvgIpc) is 2.69. The number of fused-ring (bicyclic) bond motifs is 2. The molecular formula is C13H12O3. The molecule has 0 aromatic heterocycles. The first-order valence-corrected chi connectivity index (χ1v) is 5.35. The molecule has 1 aromatic rings. The predicted molar refractivity (Wildman–Crippen MR) is 57.8 cm³/mol. The van der Waals surface area contributed by atoms with Gasteiger partial charge in [0.05, 0.1) is 0 Å². The van der Waals surface area contributed by atoms with Crippen LogP contribution in [0.1, 0.15) is 12.0 Å². The first kappa shape index (κ1) is 9.75. The smallest absolute Gasteiger partial charge is 0.167 e. The molecule has 3 atom stereocenters. The van der Waals surface area contributed by atoms with Gasteiger partial charge in [-0.05, 0) is 11.6 Å². The number of rotatable bonds is 1. The molecule has 1 fully saturated rings. The highest BCUT2D eigenvalue weighted by molar-refractivity contribution is 5.86. The topological polar surface area (TPSA) is 46.5 Å². The number of aliphatic hydroxyl groups is 1. The van der Waals surface area contributed by atoms with E-state index in [2.05, 4.69) is 0 Å². The van der Waals surface area contributed by atoms with E-state index in [1.54, 1.807) is 6.08 Å². The number of ether oxygens (including phenoxy) is 1. The van der Waals surface area contributed by atoms with Crippen LogP contribution in [0.25, 0.3) is 0 Å². The summed E-state index contributed by atoms with van der Waals surface area (Å²) in [6, 6.07) is 9.65. The summed E-state index contributed by atoms with van der Waals surface area (Å²) in [4.78, 5) is 11.7. The van der Waals surface area contributed by atoms with Gasteiger partial charge in [-0.1, -0.05) is 36.4 Å². The fourth-order valence-corrected chi connectivity index (χ4v) is 2.38. The number of carbonyl (C=O) groups excluding carboxylic acids is 1. The predicted octanol–water partition coefficient (Wildman–Crippen LogP) is 1.17.